The fraction of sp³-hybridized carbons (Fsp3) is 0.240. The van der Waals surface area contributed by atoms with Gasteiger partial charge in [0.2, 0.25) is 0 Å². The molecule has 168 valence electrons. The number of H-pyrrole nitrogens is 1. The minimum Gasteiger partial charge on any atom is -0.355 e. The van der Waals surface area contributed by atoms with Crippen molar-refractivity contribution < 1.29 is 9.59 Å². The summed E-state index contributed by atoms with van der Waals surface area (Å²) in [5.74, 6) is 0.564. The van der Waals surface area contributed by atoms with Crippen molar-refractivity contribution in [2.24, 2.45) is 0 Å². The molecule has 0 radical (unpaired) electrons. The van der Waals surface area contributed by atoms with Crippen LogP contribution in [-0.4, -0.2) is 41.5 Å². The van der Waals surface area contributed by atoms with Crippen LogP contribution in [0, 0.1) is 13.8 Å². The number of aromatic nitrogens is 5. The third-order valence-corrected chi connectivity index (χ3v) is 6.59. The molecule has 1 N–H and O–H groups in total. The van der Waals surface area contributed by atoms with Crippen LogP contribution in [0.2, 0.25) is 0 Å². The Morgan fingerprint density at radius 3 is 2.48 bits per heavy atom. The van der Waals surface area contributed by atoms with Crippen LogP contribution in [0.15, 0.2) is 60.0 Å². The van der Waals surface area contributed by atoms with Crippen LogP contribution in [0.5, 0.6) is 0 Å². The molecule has 1 atom stereocenters. The number of nitrogens with zero attached hydrogens (tertiary/aromatic N) is 4. The van der Waals surface area contributed by atoms with Crippen LogP contribution in [0.25, 0.3) is 11.4 Å². The fourth-order valence-electron chi connectivity index (χ4n) is 3.93. The molecule has 0 spiro atoms. The Bertz CT molecular complexity index is 1300. The van der Waals surface area contributed by atoms with Crippen molar-refractivity contribution in [3.05, 3.63) is 82.9 Å². The summed E-state index contributed by atoms with van der Waals surface area (Å²) in [4.78, 5) is 32.6. The Labute approximate surface area is 196 Å². The lowest BCUT2D eigenvalue weighted by Crippen LogP contribution is -2.16. The number of aryl methyl sites for hydroxylation is 1. The average Bonchev–Trinajstić information content (AvgIpc) is 3.34. The van der Waals surface area contributed by atoms with E-state index in [0.29, 0.717) is 40.0 Å². The molecule has 1 aromatic carbocycles. The summed E-state index contributed by atoms with van der Waals surface area (Å²) >= 11 is 1.35. The summed E-state index contributed by atoms with van der Waals surface area (Å²) in [6.45, 7) is 7.55. The number of pyridine rings is 1. The molecule has 0 aliphatic carbocycles. The van der Waals surface area contributed by atoms with Gasteiger partial charge >= 0.3 is 0 Å². The minimum absolute atomic E-state index is 0.0516. The highest BCUT2D eigenvalue weighted by Gasteiger charge is 2.26. The molecule has 4 rings (SSSR count). The van der Waals surface area contributed by atoms with Gasteiger partial charge in [-0.1, -0.05) is 42.1 Å². The molecule has 0 unspecified atom stereocenters. The van der Waals surface area contributed by atoms with E-state index >= 15 is 0 Å². The van der Waals surface area contributed by atoms with E-state index < -0.39 is 5.25 Å². The van der Waals surface area contributed by atoms with E-state index in [-0.39, 0.29) is 11.6 Å². The van der Waals surface area contributed by atoms with Gasteiger partial charge in [0, 0.05) is 29.2 Å². The number of rotatable bonds is 8. The van der Waals surface area contributed by atoms with Crippen LogP contribution in [0.4, 0.5) is 0 Å². The Hall–Kier alpha value is -3.52. The summed E-state index contributed by atoms with van der Waals surface area (Å²) in [7, 11) is 0. The van der Waals surface area contributed by atoms with Crippen molar-refractivity contribution in [2.45, 2.75) is 44.6 Å². The van der Waals surface area contributed by atoms with Gasteiger partial charge in [-0.25, -0.2) is 0 Å². The van der Waals surface area contributed by atoms with Gasteiger partial charge in [-0.15, -0.1) is 10.2 Å². The number of Topliss-reactive ketones (excluding diaryl/α,β-unsaturated/α-hetero) is 2. The topological polar surface area (TPSA) is 93.5 Å². The van der Waals surface area contributed by atoms with Crippen molar-refractivity contribution in [3.8, 4) is 11.4 Å². The van der Waals surface area contributed by atoms with E-state index in [1.807, 2.05) is 67.8 Å². The predicted molar refractivity (Wildman–Crippen MR) is 129 cm³/mol. The quantitative estimate of drug-likeness (QED) is 0.298. The van der Waals surface area contributed by atoms with E-state index in [1.165, 1.54) is 18.7 Å². The number of benzene rings is 1. The number of thioether (sulfide) groups is 1. The van der Waals surface area contributed by atoms with E-state index in [4.69, 9.17) is 0 Å². The SMILES string of the molecule is CC(=O)c1c(C)[nH]c(C(=O)[C@H](C)Sc2nnc(-c3cccnc3)n2Cc2ccccc2)c1C. The van der Waals surface area contributed by atoms with Crippen LogP contribution in [0.3, 0.4) is 0 Å². The second-order valence-electron chi connectivity index (χ2n) is 7.93. The zero-order chi connectivity index (χ0) is 23.5. The highest BCUT2D eigenvalue weighted by molar-refractivity contribution is 8.00. The first-order chi connectivity index (χ1) is 15.9. The molecule has 0 saturated carbocycles. The molecule has 0 amide bonds. The highest BCUT2D eigenvalue weighted by Crippen LogP contribution is 2.30. The zero-order valence-electron chi connectivity index (χ0n) is 19.0. The van der Waals surface area contributed by atoms with Gasteiger partial charge < -0.3 is 4.98 Å². The van der Waals surface area contributed by atoms with Gasteiger partial charge in [-0.2, -0.15) is 0 Å². The number of carbonyl (C=O) groups is 2. The average molecular weight is 460 g/mol. The van der Waals surface area contributed by atoms with Crippen LogP contribution < -0.4 is 0 Å². The van der Waals surface area contributed by atoms with E-state index in [0.717, 1.165) is 11.1 Å². The molecule has 33 heavy (non-hydrogen) atoms. The van der Waals surface area contributed by atoms with Gasteiger partial charge in [0.1, 0.15) is 0 Å². The standard InChI is InChI=1S/C25H25N5O2S/c1-15-21(17(3)31)16(2)27-22(15)23(32)18(4)33-25-29-28-24(20-11-8-12-26-13-20)30(25)14-19-9-6-5-7-10-19/h5-13,18,27H,14H2,1-4H3/t18-/m0/s1. The van der Waals surface area contributed by atoms with Crippen molar-refractivity contribution >= 4 is 23.3 Å². The molecule has 3 heterocycles. The molecule has 0 fully saturated rings. The second-order valence-corrected chi connectivity index (χ2v) is 9.23. The normalized spacial score (nSPS) is 12.0. The Morgan fingerprint density at radius 1 is 1.09 bits per heavy atom. The van der Waals surface area contributed by atoms with E-state index in [1.54, 1.807) is 12.4 Å². The molecule has 0 bridgehead atoms. The number of nitrogens with one attached hydrogen (secondary N) is 1. The minimum atomic E-state index is -0.429. The maximum Gasteiger partial charge on any atom is 0.192 e. The maximum absolute atomic E-state index is 13.3. The van der Waals surface area contributed by atoms with Crippen molar-refractivity contribution in [1.82, 2.24) is 24.7 Å². The first-order valence-corrected chi connectivity index (χ1v) is 11.5. The fourth-order valence-corrected chi connectivity index (χ4v) is 4.84. The van der Waals surface area contributed by atoms with Crippen LogP contribution in [-0.2, 0) is 6.54 Å². The third kappa shape index (κ3) is 4.66. The monoisotopic (exact) mass is 459 g/mol. The Morgan fingerprint density at radius 2 is 1.85 bits per heavy atom. The van der Waals surface area contributed by atoms with Crippen molar-refractivity contribution in [3.63, 3.8) is 0 Å². The first kappa shape index (κ1) is 22.7. The molecule has 8 heteroatoms. The maximum atomic E-state index is 13.3. The van der Waals surface area contributed by atoms with Gasteiger partial charge in [0.15, 0.2) is 22.5 Å². The summed E-state index contributed by atoms with van der Waals surface area (Å²) in [5, 5.41) is 9.04. The van der Waals surface area contributed by atoms with Gasteiger partial charge in [-0.3, -0.25) is 19.1 Å². The van der Waals surface area contributed by atoms with Gasteiger partial charge in [0.05, 0.1) is 17.5 Å². The first-order valence-electron chi connectivity index (χ1n) is 10.6. The number of aromatic amines is 1. The van der Waals surface area contributed by atoms with Crippen molar-refractivity contribution in [1.29, 1.82) is 0 Å². The third-order valence-electron chi connectivity index (χ3n) is 5.51. The molecule has 0 saturated heterocycles. The van der Waals surface area contributed by atoms with E-state index in [9.17, 15) is 9.59 Å². The highest BCUT2D eigenvalue weighted by atomic mass is 32.2. The van der Waals surface area contributed by atoms with E-state index in [2.05, 4.69) is 20.2 Å². The lowest BCUT2D eigenvalue weighted by molar-refractivity contribution is 0.0988. The molecule has 3 aromatic heterocycles. The van der Waals surface area contributed by atoms with Crippen LogP contribution in [0.1, 0.15) is 51.5 Å². The predicted octanol–water partition coefficient (Wildman–Crippen LogP) is 4.90. The summed E-state index contributed by atoms with van der Waals surface area (Å²) in [5.41, 5.74) is 4.42. The number of hydrogen-bond acceptors (Lipinski definition) is 6. The molecule has 0 aliphatic heterocycles. The summed E-state index contributed by atoms with van der Waals surface area (Å²) in [6.07, 6.45) is 3.47. The van der Waals surface area contributed by atoms with Crippen molar-refractivity contribution in [2.75, 3.05) is 0 Å². The lowest BCUT2D eigenvalue weighted by atomic mass is 10.0. The largest absolute Gasteiger partial charge is 0.355 e. The summed E-state index contributed by atoms with van der Waals surface area (Å²) in [6, 6.07) is 13.9. The number of ketones is 2. The molecule has 0 aliphatic rings. The zero-order valence-corrected chi connectivity index (χ0v) is 19.8. The second kappa shape index (κ2) is 9.54. The smallest absolute Gasteiger partial charge is 0.192 e. The molecular formula is C25H25N5O2S. The molecule has 7 nitrogen and oxygen atoms in total. The summed E-state index contributed by atoms with van der Waals surface area (Å²) < 4.78 is 2.01. The van der Waals surface area contributed by atoms with Gasteiger partial charge in [-0.05, 0) is 51.0 Å². The number of carbonyl (C=O) groups excluding carboxylic acids is 2. The van der Waals surface area contributed by atoms with Crippen LogP contribution >= 0.6 is 11.8 Å². The Kier molecular flexibility index (Phi) is 6.55. The lowest BCUT2D eigenvalue weighted by Gasteiger charge is -2.13. The number of hydrogen-bond donors (Lipinski definition) is 1. The van der Waals surface area contributed by atoms with Gasteiger partial charge in [0.25, 0.3) is 0 Å². The molecular weight excluding hydrogens is 434 g/mol. The Balaban J connectivity index is 1.66. The molecule has 4 aromatic rings.